The topological polar surface area (TPSA) is 32.3 Å². The van der Waals surface area contributed by atoms with Crippen molar-refractivity contribution < 1.29 is 4.79 Å². The van der Waals surface area contributed by atoms with E-state index in [4.69, 9.17) is 0 Å². The molecule has 1 aromatic rings. The van der Waals surface area contributed by atoms with E-state index in [1.807, 2.05) is 24.3 Å². The number of carbonyl (C=O) groups excluding carboxylic acids is 1. The number of benzene rings is 1. The van der Waals surface area contributed by atoms with Gasteiger partial charge in [-0.1, -0.05) is 15.9 Å². The van der Waals surface area contributed by atoms with Gasteiger partial charge < -0.3 is 10.2 Å². The van der Waals surface area contributed by atoms with E-state index in [0.29, 0.717) is 12.0 Å². The third-order valence-corrected chi connectivity index (χ3v) is 4.72. The summed E-state index contributed by atoms with van der Waals surface area (Å²) in [5, 5.41) is 3.44. The summed E-state index contributed by atoms with van der Waals surface area (Å²) in [6.45, 7) is 3.09. The maximum Gasteiger partial charge on any atom is 0.254 e. The summed E-state index contributed by atoms with van der Waals surface area (Å²) < 4.78 is 1.02. The lowest BCUT2D eigenvalue weighted by atomic mass is 9.98. The minimum atomic E-state index is 0.200. The average molecular weight is 337 g/mol. The molecule has 1 atom stereocenters. The highest BCUT2D eigenvalue weighted by molar-refractivity contribution is 9.10. The van der Waals surface area contributed by atoms with Gasteiger partial charge in [-0.15, -0.1) is 0 Å². The summed E-state index contributed by atoms with van der Waals surface area (Å²) in [4.78, 5) is 14.8. The van der Waals surface area contributed by atoms with Gasteiger partial charge in [-0.2, -0.15) is 0 Å². The first-order valence-electron chi connectivity index (χ1n) is 7.51. The molecule has 1 saturated carbocycles. The van der Waals surface area contributed by atoms with Crippen LogP contribution in [0.5, 0.6) is 0 Å². The number of nitrogens with zero attached hydrogens (tertiary/aromatic N) is 1. The quantitative estimate of drug-likeness (QED) is 0.916. The minimum absolute atomic E-state index is 0.200. The third kappa shape index (κ3) is 3.41. The monoisotopic (exact) mass is 336 g/mol. The minimum Gasteiger partial charge on any atom is -0.335 e. The number of rotatable bonds is 4. The van der Waals surface area contributed by atoms with Crippen molar-refractivity contribution in [2.75, 3.05) is 19.6 Å². The normalized spacial score (nSPS) is 22.6. The van der Waals surface area contributed by atoms with Crippen LogP contribution in [0.3, 0.4) is 0 Å². The number of hydrogen-bond donors (Lipinski definition) is 1. The van der Waals surface area contributed by atoms with Crippen molar-refractivity contribution in [2.24, 2.45) is 5.92 Å². The van der Waals surface area contributed by atoms with Crippen molar-refractivity contribution in [2.45, 2.75) is 31.7 Å². The molecule has 1 N–H and O–H groups in total. The highest BCUT2D eigenvalue weighted by atomic mass is 79.9. The second-order valence-electron chi connectivity index (χ2n) is 5.91. The van der Waals surface area contributed by atoms with Gasteiger partial charge in [0.05, 0.1) is 0 Å². The predicted octanol–water partition coefficient (Wildman–Crippen LogP) is 3.05. The zero-order valence-electron chi connectivity index (χ0n) is 11.6. The largest absolute Gasteiger partial charge is 0.335 e. The van der Waals surface area contributed by atoms with E-state index >= 15 is 0 Å². The molecule has 2 fully saturated rings. The van der Waals surface area contributed by atoms with Crippen LogP contribution < -0.4 is 5.32 Å². The molecule has 108 valence electrons. The molecule has 1 aliphatic carbocycles. The Morgan fingerprint density at radius 1 is 1.25 bits per heavy atom. The summed E-state index contributed by atoms with van der Waals surface area (Å²) in [6, 6.07) is 8.20. The van der Waals surface area contributed by atoms with Gasteiger partial charge in [0.15, 0.2) is 0 Å². The summed E-state index contributed by atoms with van der Waals surface area (Å²) >= 11 is 3.42. The summed E-state index contributed by atoms with van der Waals surface area (Å²) in [7, 11) is 0. The van der Waals surface area contributed by atoms with Gasteiger partial charge in [0.1, 0.15) is 0 Å². The van der Waals surface area contributed by atoms with Gasteiger partial charge in [0.2, 0.25) is 0 Å². The van der Waals surface area contributed by atoms with E-state index in [-0.39, 0.29) is 5.91 Å². The smallest absolute Gasteiger partial charge is 0.254 e. The fraction of sp³-hybridized carbons (Fsp3) is 0.562. The van der Waals surface area contributed by atoms with Crippen LogP contribution in [-0.2, 0) is 0 Å². The van der Waals surface area contributed by atoms with Gasteiger partial charge >= 0.3 is 0 Å². The first-order chi connectivity index (χ1) is 9.74. The van der Waals surface area contributed by atoms with Gasteiger partial charge in [0, 0.05) is 22.6 Å². The van der Waals surface area contributed by atoms with Crippen molar-refractivity contribution in [3.63, 3.8) is 0 Å². The van der Waals surface area contributed by atoms with Crippen LogP contribution >= 0.6 is 15.9 Å². The van der Waals surface area contributed by atoms with Gasteiger partial charge in [-0.3, -0.25) is 4.79 Å². The molecule has 0 spiro atoms. The zero-order chi connectivity index (χ0) is 13.9. The first kappa shape index (κ1) is 14.1. The zero-order valence-corrected chi connectivity index (χ0v) is 13.2. The molecule has 1 aromatic carbocycles. The number of carbonyl (C=O) groups is 1. The Labute approximate surface area is 128 Å². The molecule has 4 heteroatoms. The van der Waals surface area contributed by atoms with Gasteiger partial charge in [-0.25, -0.2) is 0 Å². The van der Waals surface area contributed by atoms with E-state index < -0.39 is 0 Å². The second kappa shape index (κ2) is 6.27. The van der Waals surface area contributed by atoms with Crippen molar-refractivity contribution in [3.8, 4) is 0 Å². The summed E-state index contributed by atoms with van der Waals surface area (Å²) in [5.41, 5.74) is 0.809. The fourth-order valence-corrected chi connectivity index (χ4v) is 3.16. The SMILES string of the molecule is O=C(c1ccc(Br)cc1)N(CC1CCCNC1)C1CC1. The molecule has 1 aliphatic heterocycles. The van der Waals surface area contributed by atoms with Crippen LogP contribution in [-0.4, -0.2) is 36.5 Å². The molecular formula is C16H21BrN2O. The Morgan fingerprint density at radius 3 is 2.60 bits per heavy atom. The maximum atomic E-state index is 12.7. The van der Waals surface area contributed by atoms with Crippen LogP contribution in [0.4, 0.5) is 0 Å². The van der Waals surface area contributed by atoms with Crippen LogP contribution in [0.25, 0.3) is 0 Å². The molecule has 0 radical (unpaired) electrons. The van der Waals surface area contributed by atoms with Crippen LogP contribution in [0.2, 0.25) is 0 Å². The second-order valence-corrected chi connectivity index (χ2v) is 6.82. The van der Waals surface area contributed by atoms with E-state index in [2.05, 4.69) is 26.1 Å². The lowest BCUT2D eigenvalue weighted by Crippen LogP contribution is -2.42. The molecule has 1 heterocycles. The van der Waals surface area contributed by atoms with Crippen LogP contribution in [0.15, 0.2) is 28.7 Å². The molecule has 1 saturated heterocycles. The third-order valence-electron chi connectivity index (χ3n) is 4.19. The van der Waals surface area contributed by atoms with Crippen LogP contribution in [0.1, 0.15) is 36.0 Å². The summed E-state index contributed by atoms with van der Waals surface area (Å²) in [5.74, 6) is 0.814. The highest BCUT2D eigenvalue weighted by Crippen LogP contribution is 2.30. The van der Waals surface area contributed by atoms with Gasteiger partial charge in [0.25, 0.3) is 5.91 Å². The van der Waals surface area contributed by atoms with Crippen molar-refractivity contribution in [1.29, 1.82) is 0 Å². The highest BCUT2D eigenvalue weighted by Gasteiger charge is 2.34. The van der Waals surface area contributed by atoms with E-state index in [9.17, 15) is 4.79 Å². The maximum absolute atomic E-state index is 12.7. The molecule has 1 unspecified atom stereocenters. The average Bonchev–Trinajstić information content (AvgIpc) is 3.30. The number of hydrogen-bond acceptors (Lipinski definition) is 2. The molecule has 3 rings (SSSR count). The van der Waals surface area contributed by atoms with Gasteiger partial charge in [-0.05, 0) is 69.0 Å². The molecular weight excluding hydrogens is 316 g/mol. The lowest BCUT2D eigenvalue weighted by Gasteiger charge is -2.30. The predicted molar refractivity (Wildman–Crippen MR) is 83.8 cm³/mol. The Balaban J connectivity index is 1.69. The Kier molecular flexibility index (Phi) is 4.41. The van der Waals surface area contributed by atoms with Crippen molar-refractivity contribution in [3.05, 3.63) is 34.3 Å². The number of amides is 1. The number of piperidine rings is 1. The molecule has 20 heavy (non-hydrogen) atoms. The molecule has 2 aliphatic rings. The molecule has 0 aromatic heterocycles. The standard InChI is InChI=1S/C16H21BrN2O/c17-14-5-3-13(4-6-14)16(20)19(15-7-8-15)11-12-2-1-9-18-10-12/h3-6,12,15,18H,1-2,7-11H2. The van der Waals surface area contributed by atoms with Crippen molar-refractivity contribution >= 4 is 21.8 Å². The Morgan fingerprint density at radius 2 is 2.00 bits per heavy atom. The van der Waals surface area contributed by atoms with E-state index in [1.165, 1.54) is 25.7 Å². The molecule has 3 nitrogen and oxygen atoms in total. The van der Waals surface area contributed by atoms with E-state index in [0.717, 1.165) is 29.7 Å². The number of halogens is 1. The first-order valence-corrected chi connectivity index (χ1v) is 8.30. The molecule has 1 amide bonds. The number of nitrogens with one attached hydrogen (secondary N) is 1. The Hall–Kier alpha value is -0.870. The Bertz CT molecular complexity index is 464. The lowest BCUT2D eigenvalue weighted by molar-refractivity contribution is 0.0704. The van der Waals surface area contributed by atoms with Crippen molar-refractivity contribution in [1.82, 2.24) is 10.2 Å². The van der Waals surface area contributed by atoms with Crippen LogP contribution in [0, 0.1) is 5.92 Å². The fourth-order valence-electron chi connectivity index (χ4n) is 2.90. The van der Waals surface area contributed by atoms with E-state index in [1.54, 1.807) is 0 Å². The summed E-state index contributed by atoms with van der Waals surface area (Å²) in [6.07, 6.45) is 4.81. The molecule has 0 bridgehead atoms.